The Kier molecular flexibility index (Phi) is 1.70. The fourth-order valence-corrected chi connectivity index (χ4v) is 2.06. The number of hydrogen-bond acceptors (Lipinski definition) is 2. The molecule has 3 aromatic rings. The van der Waals surface area contributed by atoms with Gasteiger partial charge in [-0.15, -0.1) is 0 Å². The minimum Gasteiger partial charge on any atom is -0.333 e. The summed E-state index contributed by atoms with van der Waals surface area (Å²) in [5, 5.41) is 1.54. The van der Waals surface area contributed by atoms with E-state index in [4.69, 9.17) is 11.6 Å². The Hall–Kier alpha value is -1.61. The average molecular weight is 218 g/mol. The lowest BCUT2D eigenvalue weighted by molar-refractivity contribution is 0.951. The first-order valence-corrected chi connectivity index (χ1v) is 5.00. The first-order valence-electron chi connectivity index (χ1n) is 4.62. The zero-order valence-corrected chi connectivity index (χ0v) is 8.86. The molecule has 0 unspecified atom stereocenters. The molecule has 0 aliphatic heterocycles. The van der Waals surface area contributed by atoms with Crippen molar-refractivity contribution in [2.24, 2.45) is 7.05 Å². The van der Waals surface area contributed by atoms with Crippen molar-refractivity contribution in [3.8, 4) is 0 Å². The van der Waals surface area contributed by atoms with Gasteiger partial charge in [-0.2, -0.15) is 0 Å². The molecule has 0 aliphatic carbocycles. The van der Waals surface area contributed by atoms with Gasteiger partial charge in [0.05, 0.1) is 17.4 Å². The van der Waals surface area contributed by atoms with Crippen molar-refractivity contribution in [1.29, 1.82) is 0 Å². The van der Waals surface area contributed by atoms with Gasteiger partial charge in [0, 0.05) is 12.4 Å². The molecule has 0 saturated heterocycles. The van der Waals surface area contributed by atoms with Crippen LogP contribution in [0.3, 0.4) is 0 Å². The summed E-state index contributed by atoms with van der Waals surface area (Å²) in [4.78, 5) is 8.54. The van der Waals surface area contributed by atoms with Crippen molar-refractivity contribution in [1.82, 2.24) is 14.5 Å². The van der Waals surface area contributed by atoms with Crippen molar-refractivity contribution in [2.75, 3.05) is 0 Å². The maximum absolute atomic E-state index is 6.06. The first-order chi connectivity index (χ1) is 7.27. The molecule has 0 fully saturated rings. The van der Waals surface area contributed by atoms with Crippen LogP contribution in [-0.2, 0) is 7.05 Å². The number of fused-ring (bicyclic) bond motifs is 3. The summed E-state index contributed by atoms with van der Waals surface area (Å²) < 4.78 is 1.96. The summed E-state index contributed by atoms with van der Waals surface area (Å²) in [5.41, 5.74) is 2.70. The number of para-hydroxylation sites is 1. The molecule has 1 aromatic carbocycles. The molecule has 0 bridgehead atoms. The molecule has 3 rings (SSSR count). The van der Waals surface area contributed by atoms with E-state index in [0.717, 1.165) is 21.9 Å². The van der Waals surface area contributed by atoms with Gasteiger partial charge < -0.3 is 4.57 Å². The minimum atomic E-state index is 0.462. The van der Waals surface area contributed by atoms with Crippen molar-refractivity contribution in [3.05, 3.63) is 35.7 Å². The predicted molar refractivity (Wildman–Crippen MR) is 61.0 cm³/mol. The molecule has 0 amide bonds. The van der Waals surface area contributed by atoms with Crippen LogP contribution < -0.4 is 0 Å². The van der Waals surface area contributed by atoms with Gasteiger partial charge in [0.1, 0.15) is 5.52 Å². The molecule has 0 atom stereocenters. The highest BCUT2D eigenvalue weighted by Crippen LogP contribution is 2.27. The van der Waals surface area contributed by atoms with Gasteiger partial charge in [-0.3, -0.25) is 0 Å². The van der Waals surface area contributed by atoms with Gasteiger partial charge in [0.2, 0.25) is 0 Å². The highest BCUT2D eigenvalue weighted by molar-refractivity contribution is 6.35. The number of pyridine rings is 1. The van der Waals surface area contributed by atoms with Crippen LogP contribution in [0.25, 0.3) is 21.9 Å². The second-order valence-corrected chi connectivity index (χ2v) is 3.83. The normalized spacial score (nSPS) is 11.3. The molecule has 2 heterocycles. The third-order valence-electron chi connectivity index (χ3n) is 2.51. The van der Waals surface area contributed by atoms with E-state index in [2.05, 4.69) is 9.97 Å². The second-order valence-electron chi connectivity index (χ2n) is 3.47. The minimum absolute atomic E-state index is 0.462. The quantitative estimate of drug-likeness (QED) is 0.542. The molecule has 74 valence electrons. The summed E-state index contributed by atoms with van der Waals surface area (Å²) >= 11 is 6.06. The lowest BCUT2D eigenvalue weighted by Gasteiger charge is -2.01. The number of imidazole rings is 1. The molecule has 15 heavy (non-hydrogen) atoms. The van der Waals surface area contributed by atoms with Crippen LogP contribution >= 0.6 is 11.6 Å². The van der Waals surface area contributed by atoms with Gasteiger partial charge in [-0.05, 0) is 6.07 Å². The van der Waals surface area contributed by atoms with Gasteiger partial charge in [0.25, 0.3) is 0 Å². The van der Waals surface area contributed by atoms with Crippen LogP contribution in [0.4, 0.5) is 0 Å². The average Bonchev–Trinajstić information content (AvgIpc) is 2.62. The summed E-state index contributed by atoms with van der Waals surface area (Å²) in [6.45, 7) is 0. The smallest absolute Gasteiger partial charge is 0.157 e. The predicted octanol–water partition coefficient (Wildman–Crippen LogP) is 2.77. The first kappa shape index (κ1) is 8.68. The van der Waals surface area contributed by atoms with Gasteiger partial charge >= 0.3 is 0 Å². The van der Waals surface area contributed by atoms with Crippen LogP contribution in [0.5, 0.6) is 0 Å². The number of nitrogens with zero attached hydrogens (tertiary/aromatic N) is 3. The van der Waals surface area contributed by atoms with E-state index in [1.165, 1.54) is 0 Å². The zero-order chi connectivity index (χ0) is 10.4. The third kappa shape index (κ3) is 1.13. The molecule has 0 N–H and O–H groups in total. The largest absolute Gasteiger partial charge is 0.333 e. The van der Waals surface area contributed by atoms with Crippen LogP contribution in [0, 0.1) is 0 Å². The zero-order valence-electron chi connectivity index (χ0n) is 8.11. The fourth-order valence-electron chi connectivity index (χ4n) is 1.83. The van der Waals surface area contributed by atoms with E-state index < -0.39 is 0 Å². The molecule has 0 radical (unpaired) electrons. The van der Waals surface area contributed by atoms with Crippen molar-refractivity contribution in [3.63, 3.8) is 0 Å². The molecule has 2 aromatic heterocycles. The Labute approximate surface area is 91.3 Å². The lowest BCUT2D eigenvalue weighted by atomic mass is 10.2. The topological polar surface area (TPSA) is 30.7 Å². The number of benzene rings is 1. The van der Waals surface area contributed by atoms with Gasteiger partial charge in [0.15, 0.2) is 5.15 Å². The standard InChI is InChI=1S/C11H8ClN3/c1-15-6-13-9-10(15)7-4-2-3-5-8(7)14-11(9)12/h2-6H,1H3. The van der Waals surface area contributed by atoms with Crippen LogP contribution in [0.15, 0.2) is 30.6 Å². The SMILES string of the molecule is Cn1cnc2c(Cl)nc3ccccc3c21. The maximum atomic E-state index is 6.06. The summed E-state index contributed by atoms with van der Waals surface area (Å²) in [6.07, 6.45) is 1.75. The molecule has 4 heteroatoms. The van der Waals surface area contributed by atoms with E-state index in [-0.39, 0.29) is 0 Å². The Bertz CT molecular complexity index is 657. The van der Waals surface area contributed by atoms with Crippen LogP contribution in [0.1, 0.15) is 0 Å². The molecule has 0 saturated carbocycles. The molecular weight excluding hydrogens is 210 g/mol. The Balaban J connectivity index is 2.67. The number of hydrogen-bond donors (Lipinski definition) is 0. The van der Waals surface area contributed by atoms with Crippen molar-refractivity contribution < 1.29 is 0 Å². The number of halogens is 1. The van der Waals surface area contributed by atoms with E-state index in [1.807, 2.05) is 35.9 Å². The highest BCUT2D eigenvalue weighted by atomic mass is 35.5. The monoisotopic (exact) mass is 217 g/mol. The summed E-state index contributed by atoms with van der Waals surface area (Å²) in [7, 11) is 1.96. The van der Waals surface area contributed by atoms with Crippen LogP contribution in [0.2, 0.25) is 5.15 Å². The lowest BCUT2D eigenvalue weighted by Crippen LogP contribution is -1.88. The molecule has 0 aliphatic rings. The summed E-state index contributed by atoms with van der Waals surface area (Å²) in [6, 6.07) is 7.93. The van der Waals surface area contributed by atoms with E-state index >= 15 is 0 Å². The van der Waals surface area contributed by atoms with Crippen LogP contribution in [-0.4, -0.2) is 14.5 Å². The van der Waals surface area contributed by atoms with Gasteiger partial charge in [-0.1, -0.05) is 29.8 Å². The van der Waals surface area contributed by atoms with E-state index in [0.29, 0.717) is 5.15 Å². The molecular formula is C11H8ClN3. The Morgan fingerprint density at radius 2 is 2.07 bits per heavy atom. The Morgan fingerprint density at radius 1 is 1.27 bits per heavy atom. The maximum Gasteiger partial charge on any atom is 0.157 e. The molecule has 3 nitrogen and oxygen atoms in total. The van der Waals surface area contributed by atoms with Crippen molar-refractivity contribution in [2.45, 2.75) is 0 Å². The number of rotatable bonds is 0. The van der Waals surface area contributed by atoms with Gasteiger partial charge in [-0.25, -0.2) is 9.97 Å². The fraction of sp³-hybridized carbons (Fsp3) is 0.0909. The highest BCUT2D eigenvalue weighted by Gasteiger charge is 2.09. The third-order valence-corrected chi connectivity index (χ3v) is 2.77. The van der Waals surface area contributed by atoms with E-state index in [1.54, 1.807) is 6.33 Å². The van der Waals surface area contributed by atoms with Crippen molar-refractivity contribution >= 4 is 33.5 Å². The number of aryl methyl sites for hydroxylation is 1. The Morgan fingerprint density at radius 3 is 2.93 bits per heavy atom. The summed E-state index contributed by atoms with van der Waals surface area (Å²) in [5.74, 6) is 0. The second kappa shape index (κ2) is 2.94. The number of aromatic nitrogens is 3. The van der Waals surface area contributed by atoms with E-state index in [9.17, 15) is 0 Å². The molecule has 0 spiro atoms.